The smallest absolute Gasteiger partial charge is 0.432 e. The summed E-state index contributed by atoms with van der Waals surface area (Å²) >= 11 is 0. The molecule has 0 aliphatic carbocycles. The van der Waals surface area contributed by atoms with Gasteiger partial charge in [-0.3, -0.25) is 14.6 Å². The number of alkyl halides is 3. The topological polar surface area (TPSA) is 90.4 Å². The molecule has 2 atom stereocenters. The molecule has 198 valence electrons. The van der Waals surface area contributed by atoms with Gasteiger partial charge in [0.15, 0.2) is 0 Å². The highest BCUT2D eigenvalue weighted by Gasteiger charge is 2.61. The van der Waals surface area contributed by atoms with Crippen molar-refractivity contribution in [3.63, 3.8) is 0 Å². The number of halogens is 6. The van der Waals surface area contributed by atoms with E-state index in [1.807, 2.05) is 0 Å². The molecule has 0 spiro atoms. The summed E-state index contributed by atoms with van der Waals surface area (Å²) in [5.74, 6) is -5.36. The number of carbonyl (C=O) groups excluding carboxylic acids is 2. The fourth-order valence-corrected chi connectivity index (χ4v) is 3.95. The van der Waals surface area contributed by atoms with Gasteiger partial charge in [0.1, 0.15) is 34.9 Å². The fraction of sp³-hybridized carbons (Fsp3) is 0.200. The van der Waals surface area contributed by atoms with Crippen LogP contribution in [0.1, 0.15) is 29.4 Å². The SMILES string of the molecule is CC(=O)OC1C=COC(c2ccncc2NC(=O)c2ccc(F)c(-c3c(F)cccc3F)n2)(C(F)(F)F)C1. The molecular weight excluding hydrogens is 520 g/mol. The predicted octanol–water partition coefficient (Wildman–Crippen LogP) is 5.44. The first-order chi connectivity index (χ1) is 17.9. The van der Waals surface area contributed by atoms with Crippen molar-refractivity contribution >= 4 is 17.6 Å². The van der Waals surface area contributed by atoms with Gasteiger partial charge in [0.2, 0.25) is 5.60 Å². The summed E-state index contributed by atoms with van der Waals surface area (Å²) in [6.45, 7) is 1.04. The minimum atomic E-state index is -5.05. The second kappa shape index (κ2) is 10.1. The number of pyridine rings is 2. The van der Waals surface area contributed by atoms with Gasteiger partial charge in [-0.15, -0.1) is 0 Å². The van der Waals surface area contributed by atoms with Crippen LogP contribution in [0.3, 0.4) is 0 Å². The van der Waals surface area contributed by atoms with Crippen LogP contribution in [-0.4, -0.2) is 34.1 Å². The largest absolute Gasteiger partial charge is 0.481 e. The highest BCUT2D eigenvalue weighted by Crippen LogP contribution is 2.50. The van der Waals surface area contributed by atoms with E-state index in [1.165, 1.54) is 0 Å². The maximum atomic E-state index is 14.4. The van der Waals surface area contributed by atoms with Gasteiger partial charge in [-0.1, -0.05) is 6.07 Å². The lowest BCUT2D eigenvalue weighted by molar-refractivity contribution is -0.280. The standard InChI is InChI=1S/C25H17F6N3O4/c1-13(35)38-14-8-10-37-24(11-14,25(29,30)31)15-7-9-32-12-20(15)34-23(36)19-6-5-18(28)22(33-19)21-16(26)3-2-4-17(21)27/h2-10,12,14H,11H2,1H3,(H,34,36). The zero-order valence-electron chi connectivity index (χ0n) is 19.4. The van der Waals surface area contributed by atoms with Crippen LogP contribution < -0.4 is 5.32 Å². The van der Waals surface area contributed by atoms with Crippen LogP contribution in [0.5, 0.6) is 0 Å². The van der Waals surface area contributed by atoms with Crippen molar-refractivity contribution in [3.05, 3.63) is 89.8 Å². The number of benzene rings is 1. The van der Waals surface area contributed by atoms with Crippen LogP contribution in [0, 0.1) is 17.5 Å². The van der Waals surface area contributed by atoms with Gasteiger partial charge < -0.3 is 14.8 Å². The Labute approximate surface area is 211 Å². The first kappa shape index (κ1) is 26.6. The van der Waals surface area contributed by atoms with Crippen molar-refractivity contribution in [2.75, 3.05) is 5.32 Å². The molecular formula is C25H17F6N3O4. The lowest BCUT2D eigenvalue weighted by Crippen LogP contribution is -2.48. The second-order valence-electron chi connectivity index (χ2n) is 8.12. The molecule has 2 unspecified atom stereocenters. The van der Waals surface area contributed by atoms with E-state index < -0.39 is 81.8 Å². The summed E-state index contributed by atoms with van der Waals surface area (Å²) < 4.78 is 96.1. The van der Waals surface area contributed by atoms with Gasteiger partial charge in [0.25, 0.3) is 5.91 Å². The molecule has 4 rings (SSSR count). The summed E-state index contributed by atoms with van der Waals surface area (Å²) in [4.78, 5) is 31.8. The third kappa shape index (κ3) is 5.04. The Kier molecular flexibility index (Phi) is 7.11. The highest BCUT2D eigenvalue weighted by molar-refractivity contribution is 6.03. The van der Waals surface area contributed by atoms with Crippen LogP contribution in [0.15, 0.2) is 61.1 Å². The molecule has 0 saturated carbocycles. The number of esters is 1. The minimum Gasteiger partial charge on any atom is -0.481 e. The number of anilines is 1. The number of hydrogen-bond acceptors (Lipinski definition) is 6. The molecule has 1 aromatic carbocycles. The molecule has 3 aromatic rings. The van der Waals surface area contributed by atoms with E-state index in [0.29, 0.717) is 0 Å². The van der Waals surface area contributed by atoms with Crippen molar-refractivity contribution < 1.29 is 45.4 Å². The lowest BCUT2D eigenvalue weighted by Gasteiger charge is -2.40. The number of nitrogens with one attached hydrogen (secondary N) is 1. The lowest BCUT2D eigenvalue weighted by atomic mass is 9.85. The Morgan fingerprint density at radius 1 is 1.08 bits per heavy atom. The van der Waals surface area contributed by atoms with E-state index in [2.05, 4.69) is 15.3 Å². The van der Waals surface area contributed by atoms with E-state index in [-0.39, 0.29) is 0 Å². The van der Waals surface area contributed by atoms with Gasteiger partial charge in [-0.2, -0.15) is 13.2 Å². The van der Waals surface area contributed by atoms with Gasteiger partial charge in [-0.05, 0) is 36.4 Å². The van der Waals surface area contributed by atoms with Crippen molar-refractivity contribution in [1.82, 2.24) is 9.97 Å². The van der Waals surface area contributed by atoms with E-state index in [0.717, 1.165) is 68.1 Å². The molecule has 13 heteroatoms. The first-order valence-electron chi connectivity index (χ1n) is 10.9. The van der Waals surface area contributed by atoms with Gasteiger partial charge in [-0.25, -0.2) is 18.2 Å². The Morgan fingerprint density at radius 3 is 2.45 bits per heavy atom. The molecule has 1 amide bonds. The predicted molar refractivity (Wildman–Crippen MR) is 120 cm³/mol. The van der Waals surface area contributed by atoms with Crippen LogP contribution >= 0.6 is 0 Å². The number of aromatic nitrogens is 2. The number of hydrogen-bond donors (Lipinski definition) is 1. The molecule has 3 heterocycles. The zero-order valence-corrected chi connectivity index (χ0v) is 19.4. The van der Waals surface area contributed by atoms with Gasteiger partial charge >= 0.3 is 12.1 Å². The van der Waals surface area contributed by atoms with Gasteiger partial charge in [0.05, 0.1) is 23.7 Å². The molecule has 0 radical (unpaired) electrons. The van der Waals surface area contributed by atoms with E-state index in [1.54, 1.807) is 0 Å². The molecule has 38 heavy (non-hydrogen) atoms. The zero-order chi connectivity index (χ0) is 27.7. The van der Waals surface area contributed by atoms with E-state index >= 15 is 0 Å². The summed E-state index contributed by atoms with van der Waals surface area (Å²) in [6, 6.07) is 5.38. The summed E-state index contributed by atoms with van der Waals surface area (Å²) in [7, 11) is 0. The minimum absolute atomic E-state index is 0.448. The Hall–Kier alpha value is -4.42. The Bertz CT molecular complexity index is 1410. The van der Waals surface area contributed by atoms with Crippen LogP contribution in [-0.2, 0) is 19.9 Å². The van der Waals surface area contributed by atoms with E-state index in [9.17, 15) is 35.9 Å². The molecule has 2 aromatic heterocycles. The average molecular weight is 537 g/mol. The maximum absolute atomic E-state index is 14.4. The van der Waals surface area contributed by atoms with Crippen molar-refractivity contribution in [2.45, 2.75) is 31.2 Å². The third-order valence-electron chi connectivity index (χ3n) is 5.61. The fourth-order valence-electron chi connectivity index (χ4n) is 3.95. The van der Waals surface area contributed by atoms with Crippen molar-refractivity contribution in [3.8, 4) is 11.3 Å². The van der Waals surface area contributed by atoms with Crippen molar-refractivity contribution in [1.29, 1.82) is 0 Å². The average Bonchev–Trinajstić information content (AvgIpc) is 2.84. The van der Waals surface area contributed by atoms with Crippen LogP contribution in [0.25, 0.3) is 11.3 Å². The molecule has 1 aliphatic rings. The summed E-state index contributed by atoms with van der Waals surface area (Å²) in [5, 5.41) is 2.22. The first-order valence-corrected chi connectivity index (χ1v) is 10.9. The molecule has 0 saturated heterocycles. The Balaban J connectivity index is 1.73. The van der Waals surface area contributed by atoms with Crippen molar-refractivity contribution in [2.24, 2.45) is 0 Å². The van der Waals surface area contributed by atoms with Gasteiger partial charge in [0, 0.05) is 25.1 Å². The number of ether oxygens (including phenoxy) is 2. The molecule has 1 aliphatic heterocycles. The molecule has 0 fully saturated rings. The Morgan fingerprint density at radius 2 is 1.79 bits per heavy atom. The summed E-state index contributed by atoms with van der Waals surface area (Å²) in [6.07, 6.45) is -3.38. The number of carbonyl (C=O) groups is 2. The monoisotopic (exact) mass is 537 g/mol. The quantitative estimate of drug-likeness (QED) is 0.345. The van der Waals surface area contributed by atoms with E-state index in [4.69, 9.17) is 9.47 Å². The maximum Gasteiger partial charge on any atom is 0.432 e. The number of nitrogens with zero attached hydrogens (tertiary/aromatic N) is 2. The molecule has 0 bridgehead atoms. The van der Waals surface area contributed by atoms with Crippen LogP contribution in [0.2, 0.25) is 0 Å². The number of rotatable bonds is 5. The summed E-state index contributed by atoms with van der Waals surface area (Å²) in [5.41, 5.74) is -6.26. The second-order valence-corrected chi connectivity index (χ2v) is 8.12. The normalized spacial score (nSPS) is 19.0. The molecule has 7 nitrogen and oxygen atoms in total. The number of amides is 1. The third-order valence-corrected chi connectivity index (χ3v) is 5.61. The highest BCUT2D eigenvalue weighted by atomic mass is 19.4. The molecule has 1 N–H and O–H groups in total. The van der Waals surface area contributed by atoms with Crippen LogP contribution in [0.4, 0.5) is 32.0 Å².